The van der Waals surface area contributed by atoms with E-state index in [0.29, 0.717) is 6.42 Å². The van der Waals surface area contributed by atoms with Gasteiger partial charge in [0.05, 0.1) is 6.04 Å². The zero-order chi connectivity index (χ0) is 12.7. The smallest absolute Gasteiger partial charge is 0.220 e. The minimum Gasteiger partial charge on any atom is -0.350 e. The van der Waals surface area contributed by atoms with Crippen molar-refractivity contribution in [3.63, 3.8) is 0 Å². The summed E-state index contributed by atoms with van der Waals surface area (Å²) in [4.78, 5) is 11.6. The van der Waals surface area contributed by atoms with E-state index >= 15 is 0 Å². The third-order valence-electron chi connectivity index (χ3n) is 2.74. The lowest BCUT2D eigenvalue weighted by Gasteiger charge is -2.14. The Morgan fingerprint density at radius 2 is 1.94 bits per heavy atom. The van der Waals surface area contributed by atoms with Crippen LogP contribution in [0.5, 0.6) is 0 Å². The number of rotatable bonds is 6. The predicted molar refractivity (Wildman–Crippen MR) is 75.4 cm³/mol. The highest BCUT2D eigenvalue weighted by molar-refractivity contribution is 9.09. The fourth-order valence-corrected chi connectivity index (χ4v) is 2.03. The molecule has 0 fully saturated rings. The summed E-state index contributed by atoms with van der Waals surface area (Å²) < 4.78 is 0. The lowest BCUT2D eigenvalue weighted by atomic mass is 10.1. The molecule has 94 valence electrons. The zero-order valence-electron chi connectivity index (χ0n) is 10.5. The second-order valence-electron chi connectivity index (χ2n) is 4.35. The van der Waals surface area contributed by atoms with Gasteiger partial charge in [0, 0.05) is 11.8 Å². The van der Waals surface area contributed by atoms with Gasteiger partial charge in [0.1, 0.15) is 0 Å². The molecule has 0 bridgehead atoms. The second-order valence-corrected chi connectivity index (χ2v) is 5.14. The monoisotopic (exact) mass is 297 g/mol. The number of benzene rings is 1. The Kier molecular flexibility index (Phi) is 6.27. The molecule has 1 rings (SSSR count). The first-order valence-corrected chi connectivity index (χ1v) is 7.17. The normalized spacial score (nSPS) is 12.2. The quantitative estimate of drug-likeness (QED) is 0.629. The number of alkyl halides is 1. The molecule has 2 nitrogen and oxygen atoms in total. The summed E-state index contributed by atoms with van der Waals surface area (Å²) in [6, 6.07) is 8.37. The maximum absolute atomic E-state index is 11.6. The molecule has 17 heavy (non-hydrogen) atoms. The van der Waals surface area contributed by atoms with Crippen molar-refractivity contribution in [3.8, 4) is 0 Å². The van der Waals surface area contributed by atoms with Gasteiger partial charge in [-0.3, -0.25) is 4.79 Å². The molecule has 1 amide bonds. The van der Waals surface area contributed by atoms with Crippen LogP contribution in [0.3, 0.4) is 0 Å². The third-order valence-corrected chi connectivity index (χ3v) is 3.30. The lowest BCUT2D eigenvalue weighted by molar-refractivity contribution is -0.121. The Morgan fingerprint density at radius 3 is 2.53 bits per heavy atom. The Morgan fingerprint density at radius 1 is 1.29 bits per heavy atom. The number of carbonyl (C=O) groups is 1. The molecular formula is C14H20BrNO. The molecule has 0 aliphatic carbocycles. The van der Waals surface area contributed by atoms with E-state index in [2.05, 4.69) is 52.4 Å². The van der Waals surface area contributed by atoms with Crippen LogP contribution in [0.15, 0.2) is 24.3 Å². The summed E-state index contributed by atoms with van der Waals surface area (Å²) in [5.74, 6) is 0.138. The van der Waals surface area contributed by atoms with E-state index in [1.165, 1.54) is 5.56 Å². The molecule has 0 aliphatic heterocycles. The van der Waals surface area contributed by atoms with Crippen molar-refractivity contribution in [1.29, 1.82) is 0 Å². The van der Waals surface area contributed by atoms with E-state index in [-0.39, 0.29) is 11.9 Å². The molecule has 1 atom stereocenters. The topological polar surface area (TPSA) is 29.1 Å². The summed E-state index contributed by atoms with van der Waals surface area (Å²) in [7, 11) is 0. The second kappa shape index (κ2) is 7.49. The fourth-order valence-electron chi connectivity index (χ4n) is 1.63. The maximum Gasteiger partial charge on any atom is 0.220 e. The van der Waals surface area contributed by atoms with E-state index in [4.69, 9.17) is 0 Å². The minimum absolute atomic E-state index is 0.0899. The highest BCUT2D eigenvalue weighted by Gasteiger charge is 2.08. The standard InChI is InChI=1S/C14H20BrNO/c1-11-6-8-13(9-7-11)12(2)16-14(17)5-3-4-10-15/h6-9,12H,3-5,10H2,1-2H3,(H,16,17)/t12-/m1/s1. The Bertz CT molecular complexity index is 348. The number of nitrogens with one attached hydrogen (secondary N) is 1. The summed E-state index contributed by atoms with van der Waals surface area (Å²) in [5.41, 5.74) is 2.40. The van der Waals surface area contributed by atoms with Crippen LogP contribution in [-0.4, -0.2) is 11.2 Å². The van der Waals surface area contributed by atoms with Crippen molar-refractivity contribution in [2.24, 2.45) is 0 Å². The largest absolute Gasteiger partial charge is 0.350 e. The van der Waals surface area contributed by atoms with Gasteiger partial charge in [-0.05, 0) is 32.3 Å². The first-order valence-electron chi connectivity index (χ1n) is 6.05. The maximum atomic E-state index is 11.6. The van der Waals surface area contributed by atoms with Gasteiger partial charge in [0.2, 0.25) is 5.91 Å². The van der Waals surface area contributed by atoms with Gasteiger partial charge in [-0.1, -0.05) is 45.8 Å². The van der Waals surface area contributed by atoms with E-state index in [1.54, 1.807) is 0 Å². The van der Waals surface area contributed by atoms with Crippen molar-refractivity contribution in [1.82, 2.24) is 5.32 Å². The van der Waals surface area contributed by atoms with Crippen LogP contribution in [0.4, 0.5) is 0 Å². The molecule has 0 spiro atoms. The van der Waals surface area contributed by atoms with Gasteiger partial charge in [-0.25, -0.2) is 0 Å². The SMILES string of the molecule is Cc1ccc([C@@H](C)NC(=O)CCCCBr)cc1. The van der Waals surface area contributed by atoms with Crippen LogP contribution >= 0.6 is 15.9 Å². The molecule has 0 radical (unpaired) electrons. The molecular weight excluding hydrogens is 278 g/mol. The van der Waals surface area contributed by atoms with Gasteiger partial charge in [-0.15, -0.1) is 0 Å². The molecule has 0 saturated carbocycles. The molecule has 1 aromatic rings. The lowest BCUT2D eigenvalue weighted by Crippen LogP contribution is -2.26. The molecule has 0 aromatic heterocycles. The molecule has 0 heterocycles. The first-order chi connectivity index (χ1) is 8.13. The number of unbranched alkanes of at least 4 members (excludes halogenated alkanes) is 1. The summed E-state index contributed by atoms with van der Waals surface area (Å²) in [6.07, 6.45) is 2.60. The van der Waals surface area contributed by atoms with Crippen LogP contribution in [0.25, 0.3) is 0 Å². The number of halogens is 1. The van der Waals surface area contributed by atoms with Gasteiger partial charge in [0.15, 0.2) is 0 Å². The van der Waals surface area contributed by atoms with Crippen molar-refractivity contribution >= 4 is 21.8 Å². The molecule has 1 N–H and O–H groups in total. The van der Waals surface area contributed by atoms with E-state index in [9.17, 15) is 4.79 Å². The third kappa shape index (κ3) is 5.35. The molecule has 3 heteroatoms. The fraction of sp³-hybridized carbons (Fsp3) is 0.500. The van der Waals surface area contributed by atoms with Crippen LogP contribution < -0.4 is 5.32 Å². The van der Waals surface area contributed by atoms with Crippen LogP contribution in [-0.2, 0) is 4.79 Å². The van der Waals surface area contributed by atoms with E-state index < -0.39 is 0 Å². The Labute approximate surface area is 112 Å². The van der Waals surface area contributed by atoms with Crippen LogP contribution in [0, 0.1) is 6.92 Å². The summed E-state index contributed by atoms with van der Waals surface area (Å²) in [5, 5.41) is 3.99. The zero-order valence-corrected chi connectivity index (χ0v) is 12.1. The van der Waals surface area contributed by atoms with Crippen molar-refractivity contribution < 1.29 is 4.79 Å². The van der Waals surface area contributed by atoms with Gasteiger partial charge in [-0.2, -0.15) is 0 Å². The highest BCUT2D eigenvalue weighted by atomic mass is 79.9. The first kappa shape index (κ1) is 14.2. The number of aryl methyl sites for hydroxylation is 1. The van der Waals surface area contributed by atoms with E-state index in [1.807, 2.05) is 6.92 Å². The summed E-state index contributed by atoms with van der Waals surface area (Å²) in [6.45, 7) is 4.08. The predicted octanol–water partition coefficient (Wildman–Crippen LogP) is 3.74. The van der Waals surface area contributed by atoms with Gasteiger partial charge < -0.3 is 5.32 Å². The number of amides is 1. The number of carbonyl (C=O) groups excluding carboxylic acids is 1. The minimum atomic E-state index is 0.0899. The molecule has 0 unspecified atom stereocenters. The molecule has 1 aromatic carbocycles. The number of hydrogen-bond acceptors (Lipinski definition) is 1. The summed E-state index contributed by atoms with van der Waals surface area (Å²) >= 11 is 3.36. The average Bonchev–Trinajstić information content (AvgIpc) is 2.30. The molecule has 0 aliphatic rings. The van der Waals surface area contributed by atoms with Gasteiger partial charge in [0.25, 0.3) is 0 Å². The average molecular weight is 298 g/mol. The molecule has 0 saturated heterocycles. The van der Waals surface area contributed by atoms with E-state index in [0.717, 1.165) is 23.7 Å². The van der Waals surface area contributed by atoms with Crippen molar-refractivity contribution in [2.75, 3.05) is 5.33 Å². The van der Waals surface area contributed by atoms with Crippen molar-refractivity contribution in [3.05, 3.63) is 35.4 Å². The Hall–Kier alpha value is -0.830. The number of hydrogen-bond donors (Lipinski definition) is 1. The van der Waals surface area contributed by atoms with Gasteiger partial charge >= 0.3 is 0 Å². The van der Waals surface area contributed by atoms with Crippen LogP contribution in [0.1, 0.15) is 43.4 Å². The van der Waals surface area contributed by atoms with Crippen LogP contribution in [0.2, 0.25) is 0 Å². The highest BCUT2D eigenvalue weighted by Crippen LogP contribution is 2.13. The van der Waals surface area contributed by atoms with Crippen molar-refractivity contribution in [2.45, 2.75) is 39.2 Å². The Balaban J connectivity index is 2.40.